The van der Waals surface area contributed by atoms with Gasteiger partial charge in [-0.15, -0.1) is 0 Å². The lowest BCUT2D eigenvalue weighted by Crippen LogP contribution is -2.56. The maximum atomic E-state index is 13.9. The number of unbranched alkanes of at least 4 members (excludes halogenated alkanes) is 5. The molecule has 1 rings (SSSR count). The van der Waals surface area contributed by atoms with Gasteiger partial charge in [0.2, 0.25) is 23.6 Å². The van der Waals surface area contributed by atoms with E-state index in [-0.39, 0.29) is 49.3 Å². The number of aliphatic hydroxyl groups is 1. The van der Waals surface area contributed by atoms with Crippen molar-refractivity contribution in [2.45, 2.75) is 176 Å². The highest BCUT2D eigenvalue weighted by Gasteiger charge is 2.36. The second-order valence-corrected chi connectivity index (χ2v) is 19.1. The number of carbonyl (C=O) groups is 8. The Morgan fingerprint density at radius 2 is 1.42 bits per heavy atom. The van der Waals surface area contributed by atoms with E-state index in [4.69, 9.17) is 25.1 Å². The third-order valence-corrected chi connectivity index (χ3v) is 12.5. The topological polar surface area (TPSA) is 274 Å². The number of aliphatic hydroxyl groups excluding tert-OH is 1. The number of nitrogens with two attached hydrogens (primary N) is 1. The summed E-state index contributed by atoms with van der Waals surface area (Å²) >= 11 is 0. The summed E-state index contributed by atoms with van der Waals surface area (Å²) in [7, 11) is 3.18. The first-order chi connectivity index (χ1) is 34.0. The van der Waals surface area contributed by atoms with E-state index >= 15 is 0 Å². The number of amides is 6. The van der Waals surface area contributed by atoms with Crippen molar-refractivity contribution in [2.75, 3.05) is 33.8 Å². The first-order valence-corrected chi connectivity index (χ1v) is 25.4. The zero-order valence-corrected chi connectivity index (χ0v) is 45.0. The fraction of sp³-hybridized carbons (Fsp3) is 0.660. The number of alkyl carbamates (subject to hydrolysis) is 1. The Bertz CT molecular complexity index is 1940. The quantitative estimate of drug-likeness (QED) is 0.0165. The zero-order chi connectivity index (χ0) is 54.5. The van der Waals surface area contributed by atoms with Gasteiger partial charge in [0.1, 0.15) is 30.3 Å². The van der Waals surface area contributed by atoms with Crippen molar-refractivity contribution in [1.82, 2.24) is 31.5 Å². The summed E-state index contributed by atoms with van der Waals surface area (Å²) in [5.74, 6) is -5.72. The molecule has 1 unspecified atom stereocenters. The van der Waals surface area contributed by atoms with Gasteiger partial charge in [0.15, 0.2) is 6.10 Å². The molecule has 19 nitrogen and oxygen atoms in total. The lowest BCUT2D eigenvalue weighted by molar-refractivity contribution is -0.155. The number of nitrogens with zero attached hydrogens (tertiary/aromatic N) is 1. The number of primary amides is 1. The molecule has 0 bridgehead atoms. The van der Waals surface area contributed by atoms with E-state index in [1.807, 2.05) is 51.1 Å². The van der Waals surface area contributed by atoms with E-state index in [2.05, 4.69) is 26.6 Å². The van der Waals surface area contributed by atoms with Crippen LogP contribution in [0.2, 0.25) is 0 Å². The molecule has 0 radical (unpaired) electrons. The molecule has 1 aromatic carbocycles. The Hall–Kier alpha value is -5.82. The maximum Gasteiger partial charge on any atom is 0.407 e. The van der Waals surface area contributed by atoms with Gasteiger partial charge >= 0.3 is 18.0 Å². The van der Waals surface area contributed by atoms with Crippen molar-refractivity contribution in [2.24, 2.45) is 23.5 Å². The van der Waals surface area contributed by atoms with Gasteiger partial charge in [-0.1, -0.05) is 109 Å². The molecular formula is C53H87N7O12. The minimum atomic E-state index is -1.23. The first kappa shape index (κ1) is 64.2. The largest absolute Gasteiger partial charge is 0.456 e. The van der Waals surface area contributed by atoms with Gasteiger partial charge in [-0.05, 0) is 90.3 Å². The smallest absolute Gasteiger partial charge is 0.407 e. The van der Waals surface area contributed by atoms with Crippen LogP contribution in [0.4, 0.5) is 4.79 Å². The molecule has 19 heteroatoms. The van der Waals surface area contributed by atoms with Gasteiger partial charge in [0.05, 0.1) is 12.6 Å². The third kappa shape index (κ3) is 24.1. The SMILES string of the molecule is C/C=C(\C)[C@@H](OC(=O)[C@@H](C)NC(=O)[C@@H](NC(=O)CN(C)C(=O)[C@@H](Cc1ccccc1)NC)C(C)CC)[C@@H](C)[C@H](C/C=C(\C)C(=O)O[C@H](CC(C)C)C(=O)N[C@@H](C)C(N)=O)OC(=O)NCCCCCCCCO. The van der Waals surface area contributed by atoms with Gasteiger partial charge in [-0.25, -0.2) is 14.4 Å². The highest BCUT2D eigenvalue weighted by molar-refractivity contribution is 5.94. The zero-order valence-electron chi connectivity index (χ0n) is 45.0. The van der Waals surface area contributed by atoms with Crippen LogP contribution in [0.25, 0.3) is 0 Å². The van der Waals surface area contributed by atoms with Crippen LogP contribution in [0.15, 0.2) is 53.6 Å². The number of esters is 2. The monoisotopic (exact) mass is 1010 g/mol. The minimum absolute atomic E-state index is 0.0445. The summed E-state index contributed by atoms with van der Waals surface area (Å²) in [4.78, 5) is 107. The molecule has 0 saturated carbocycles. The van der Waals surface area contributed by atoms with Crippen molar-refractivity contribution >= 4 is 47.6 Å². The second-order valence-electron chi connectivity index (χ2n) is 19.1. The number of allylic oxidation sites excluding steroid dienone is 1. The van der Waals surface area contributed by atoms with Gasteiger partial charge in [-0.3, -0.25) is 24.0 Å². The molecule has 0 fully saturated rings. The summed E-state index contributed by atoms with van der Waals surface area (Å²) < 4.78 is 17.7. The second kappa shape index (κ2) is 34.5. The molecule has 0 aliphatic carbocycles. The molecule has 1 aromatic rings. The first-order valence-electron chi connectivity index (χ1n) is 25.4. The van der Waals surface area contributed by atoms with Gasteiger partial charge in [-0.2, -0.15) is 0 Å². The summed E-state index contributed by atoms with van der Waals surface area (Å²) in [5.41, 5.74) is 6.97. The lowest BCUT2D eigenvalue weighted by atomic mass is 9.90. The molecule has 0 aliphatic rings. The van der Waals surface area contributed by atoms with Crippen LogP contribution in [0.3, 0.4) is 0 Å². The number of carbonyl (C=O) groups excluding carboxylic acids is 8. The van der Waals surface area contributed by atoms with E-state index in [1.54, 1.807) is 40.8 Å². The molecule has 0 aromatic heterocycles. The number of likely N-dealkylation sites (N-methyl/N-ethyl adjacent to an activating group) is 2. The molecule has 0 aliphatic heterocycles. The van der Waals surface area contributed by atoms with Crippen LogP contribution in [-0.2, 0) is 54.2 Å². The van der Waals surface area contributed by atoms with Gasteiger partial charge in [0.25, 0.3) is 5.91 Å². The highest BCUT2D eigenvalue weighted by Crippen LogP contribution is 2.26. The van der Waals surface area contributed by atoms with Crippen LogP contribution < -0.4 is 32.3 Å². The van der Waals surface area contributed by atoms with Crippen molar-refractivity contribution in [3.8, 4) is 0 Å². The summed E-state index contributed by atoms with van der Waals surface area (Å²) in [6, 6.07) is 5.62. The summed E-state index contributed by atoms with van der Waals surface area (Å²) in [6.45, 7) is 17.1. The van der Waals surface area contributed by atoms with Crippen molar-refractivity contribution in [3.05, 3.63) is 59.2 Å². The fourth-order valence-electron chi connectivity index (χ4n) is 7.50. The van der Waals surface area contributed by atoms with Crippen molar-refractivity contribution in [3.63, 3.8) is 0 Å². The number of hydrogen-bond donors (Lipinski definition) is 7. The molecule has 8 N–H and O–H groups in total. The van der Waals surface area contributed by atoms with Gasteiger partial charge < -0.3 is 56.5 Å². The summed E-state index contributed by atoms with van der Waals surface area (Å²) in [5, 5.41) is 22.7. The lowest BCUT2D eigenvalue weighted by Gasteiger charge is -2.32. The Labute approximate surface area is 427 Å². The molecular weight excluding hydrogens is 927 g/mol. The number of benzene rings is 1. The number of rotatable bonds is 34. The number of ether oxygens (including phenoxy) is 3. The highest BCUT2D eigenvalue weighted by atomic mass is 16.6. The predicted octanol–water partition coefficient (Wildman–Crippen LogP) is 4.54. The number of nitrogens with one attached hydrogen (secondary N) is 5. The van der Waals surface area contributed by atoms with Gasteiger partial charge in [0, 0.05) is 38.1 Å². The molecule has 72 heavy (non-hydrogen) atoms. The van der Waals surface area contributed by atoms with Crippen LogP contribution in [-0.4, -0.2) is 134 Å². The molecule has 0 heterocycles. The average molecular weight is 1010 g/mol. The maximum absolute atomic E-state index is 13.9. The number of hydrogen-bond acceptors (Lipinski definition) is 13. The average Bonchev–Trinajstić information content (AvgIpc) is 3.34. The Morgan fingerprint density at radius 1 is 0.806 bits per heavy atom. The third-order valence-electron chi connectivity index (χ3n) is 12.5. The van der Waals surface area contributed by atoms with Crippen LogP contribution in [0.1, 0.15) is 133 Å². The normalized spacial score (nSPS) is 15.5. The molecule has 0 saturated heterocycles. The molecule has 6 amide bonds. The summed E-state index contributed by atoms with van der Waals surface area (Å²) in [6.07, 6.45) is 5.44. The standard InChI is InChI=1S/C53H87N7O12/c1-13-34(5)45(59-44(62)32-60(12)50(66)41(55-11)31-40-24-20-19-21-25-40)49(65)58-39(10)52(68)72-46(35(6)14-2)37(8)42(71-53(69)56-28-22-17-15-16-18-23-29-61)27-26-36(7)51(67)70-43(30-33(3)4)48(64)57-38(9)47(54)63/h14,19-21,24-26,33-34,37-39,41-43,45-46,55,61H,13,15-18,22-23,27-32H2,1-12H3,(H2,54,63)(H,56,69)(H,57,64)(H,58,65)(H,59,62)/b35-14+,36-26+/t34?,37-,38-,39+,41+,42-,43+,45-,46+/m0/s1. The minimum Gasteiger partial charge on any atom is -0.456 e. The van der Waals surface area contributed by atoms with E-state index < -0.39 is 90.1 Å². The van der Waals surface area contributed by atoms with E-state index in [9.17, 15) is 38.4 Å². The van der Waals surface area contributed by atoms with Crippen LogP contribution in [0, 0.1) is 17.8 Å². The Morgan fingerprint density at radius 3 is 1.99 bits per heavy atom. The predicted molar refractivity (Wildman–Crippen MR) is 276 cm³/mol. The van der Waals surface area contributed by atoms with E-state index in [0.717, 1.165) is 37.7 Å². The van der Waals surface area contributed by atoms with Crippen LogP contribution >= 0.6 is 0 Å². The molecule has 406 valence electrons. The van der Waals surface area contributed by atoms with E-state index in [0.29, 0.717) is 31.4 Å². The van der Waals surface area contributed by atoms with Crippen LogP contribution in [0.5, 0.6) is 0 Å². The van der Waals surface area contributed by atoms with Crippen molar-refractivity contribution < 1.29 is 57.7 Å². The Balaban J connectivity index is 3.31. The molecule has 9 atom stereocenters. The Kier molecular flexibility index (Phi) is 30.8. The van der Waals surface area contributed by atoms with E-state index in [1.165, 1.54) is 38.8 Å². The van der Waals surface area contributed by atoms with Crippen molar-refractivity contribution in [1.29, 1.82) is 0 Å². The molecule has 0 spiro atoms. The fourth-order valence-corrected chi connectivity index (χ4v) is 7.50.